The van der Waals surface area contributed by atoms with Crippen LogP contribution in [-0.4, -0.2) is 26.7 Å². The zero-order valence-electron chi connectivity index (χ0n) is 11.4. The highest BCUT2D eigenvalue weighted by atomic mass is 79.9. The van der Waals surface area contributed by atoms with Crippen LogP contribution in [0, 0.1) is 0 Å². The van der Waals surface area contributed by atoms with Crippen LogP contribution in [0.2, 0.25) is 0 Å². The Morgan fingerprint density at radius 1 is 1.29 bits per heavy atom. The summed E-state index contributed by atoms with van der Waals surface area (Å²) in [6.07, 6.45) is 3.48. The highest BCUT2D eigenvalue weighted by molar-refractivity contribution is 9.10. The highest BCUT2D eigenvalue weighted by Gasteiger charge is 2.20. The molecule has 0 fully saturated rings. The number of sulfonamides is 1. The molecule has 0 radical (unpaired) electrons. The lowest BCUT2D eigenvalue weighted by atomic mass is 10.3. The van der Waals surface area contributed by atoms with E-state index < -0.39 is 10.0 Å². The van der Waals surface area contributed by atoms with Gasteiger partial charge in [-0.1, -0.05) is 6.07 Å². The molecule has 0 saturated carbocycles. The fourth-order valence-corrected chi connectivity index (χ4v) is 3.89. The summed E-state index contributed by atoms with van der Waals surface area (Å²) in [6.45, 7) is 0. The van der Waals surface area contributed by atoms with Crippen LogP contribution in [0.15, 0.2) is 50.8 Å². The van der Waals surface area contributed by atoms with Crippen LogP contribution in [0.4, 0.5) is 11.5 Å². The monoisotopic (exact) mass is 387 g/mol. The Labute approximate surface area is 136 Å². The van der Waals surface area contributed by atoms with E-state index in [2.05, 4.69) is 31.0 Å². The number of thioether (sulfide) groups is 1. The molecule has 1 aromatic heterocycles. The topological polar surface area (TPSA) is 71.1 Å². The van der Waals surface area contributed by atoms with Crippen molar-refractivity contribution in [2.75, 3.05) is 23.3 Å². The van der Waals surface area contributed by atoms with Gasteiger partial charge in [0.05, 0.1) is 0 Å². The summed E-state index contributed by atoms with van der Waals surface area (Å²) in [6, 6.07) is 8.73. The van der Waals surface area contributed by atoms with Gasteiger partial charge in [-0.05, 0) is 46.5 Å². The van der Waals surface area contributed by atoms with Crippen molar-refractivity contribution in [1.29, 1.82) is 0 Å². The minimum Gasteiger partial charge on any atom is -0.372 e. The first kappa shape index (κ1) is 16.1. The Kier molecular flexibility index (Phi) is 5.13. The smallest absolute Gasteiger partial charge is 0.265 e. The second-order valence-electron chi connectivity index (χ2n) is 4.09. The van der Waals surface area contributed by atoms with Crippen LogP contribution >= 0.6 is 27.7 Å². The molecule has 2 N–H and O–H groups in total. The Hall–Kier alpha value is -1.25. The molecule has 0 amide bonds. The normalized spacial score (nSPS) is 11.2. The summed E-state index contributed by atoms with van der Waals surface area (Å²) < 4.78 is 28.2. The number of benzene rings is 1. The summed E-state index contributed by atoms with van der Waals surface area (Å²) in [5.74, 6) is 0.298. The number of nitrogens with zero attached hydrogens (tertiary/aromatic N) is 1. The maximum absolute atomic E-state index is 12.5. The van der Waals surface area contributed by atoms with E-state index >= 15 is 0 Å². The third kappa shape index (κ3) is 3.90. The summed E-state index contributed by atoms with van der Waals surface area (Å²) in [5.41, 5.74) is 0.517. The molecular weight excluding hydrogens is 374 g/mol. The first-order chi connectivity index (χ1) is 9.96. The predicted octanol–water partition coefficient (Wildman–Crippen LogP) is 3.41. The van der Waals surface area contributed by atoms with E-state index in [0.717, 1.165) is 4.90 Å². The lowest BCUT2D eigenvalue weighted by molar-refractivity contribution is 0.601. The summed E-state index contributed by atoms with van der Waals surface area (Å²) in [4.78, 5) is 5.13. The second-order valence-corrected chi connectivity index (χ2v) is 7.53. The van der Waals surface area contributed by atoms with E-state index in [0.29, 0.717) is 16.0 Å². The first-order valence-corrected chi connectivity index (χ1v) is 9.46. The van der Waals surface area contributed by atoms with Crippen molar-refractivity contribution in [2.24, 2.45) is 0 Å². The average molecular weight is 388 g/mol. The second kappa shape index (κ2) is 6.67. The lowest BCUT2D eigenvalue weighted by Crippen LogP contribution is -2.15. The van der Waals surface area contributed by atoms with Crippen molar-refractivity contribution in [3.8, 4) is 0 Å². The lowest BCUT2D eigenvalue weighted by Gasteiger charge is -2.12. The summed E-state index contributed by atoms with van der Waals surface area (Å²) in [5, 5.41) is 2.78. The third-order valence-electron chi connectivity index (χ3n) is 2.67. The van der Waals surface area contributed by atoms with Gasteiger partial charge in [0.25, 0.3) is 10.0 Å². The fraction of sp³-hybridized carbons (Fsp3) is 0.154. The Morgan fingerprint density at radius 2 is 2.05 bits per heavy atom. The van der Waals surface area contributed by atoms with Gasteiger partial charge in [0.2, 0.25) is 0 Å². The van der Waals surface area contributed by atoms with Crippen LogP contribution in [0.5, 0.6) is 0 Å². The molecule has 0 aliphatic rings. The molecule has 0 aliphatic carbocycles. The zero-order chi connectivity index (χ0) is 15.5. The number of halogens is 1. The average Bonchev–Trinajstić information content (AvgIpc) is 2.47. The van der Waals surface area contributed by atoms with Crippen molar-refractivity contribution in [2.45, 2.75) is 9.79 Å². The maximum Gasteiger partial charge on any atom is 0.265 e. The predicted molar refractivity (Wildman–Crippen MR) is 90.5 cm³/mol. The standard InChI is InChI=1S/C13H14BrN3O2S2/c1-15-13-12(6-9(14)8-16-13)21(18,19)17-10-4-3-5-11(7-10)20-2/h3-8,17H,1-2H3,(H,15,16). The van der Waals surface area contributed by atoms with E-state index in [4.69, 9.17) is 0 Å². The van der Waals surface area contributed by atoms with Gasteiger partial charge in [0, 0.05) is 28.3 Å². The molecule has 0 bridgehead atoms. The molecule has 0 saturated heterocycles. The number of hydrogen-bond donors (Lipinski definition) is 2. The number of pyridine rings is 1. The van der Waals surface area contributed by atoms with Gasteiger partial charge in [-0.2, -0.15) is 0 Å². The quantitative estimate of drug-likeness (QED) is 0.769. The molecule has 2 rings (SSSR count). The van der Waals surface area contributed by atoms with Crippen molar-refractivity contribution >= 4 is 49.2 Å². The van der Waals surface area contributed by atoms with Gasteiger partial charge < -0.3 is 5.32 Å². The van der Waals surface area contributed by atoms with E-state index in [-0.39, 0.29) is 4.90 Å². The molecule has 21 heavy (non-hydrogen) atoms. The SMILES string of the molecule is CNc1ncc(Br)cc1S(=O)(=O)Nc1cccc(SC)c1. The Balaban J connectivity index is 2.40. The van der Waals surface area contributed by atoms with Crippen LogP contribution in [0.25, 0.3) is 0 Å². The van der Waals surface area contributed by atoms with Crippen LogP contribution in [-0.2, 0) is 10.0 Å². The molecule has 0 atom stereocenters. The van der Waals surface area contributed by atoms with Gasteiger partial charge in [-0.3, -0.25) is 4.72 Å². The Bertz CT molecular complexity index is 751. The number of aromatic nitrogens is 1. The molecule has 1 aromatic carbocycles. The summed E-state index contributed by atoms with van der Waals surface area (Å²) in [7, 11) is -2.09. The van der Waals surface area contributed by atoms with Crippen molar-refractivity contribution in [3.63, 3.8) is 0 Å². The van der Waals surface area contributed by atoms with E-state index in [9.17, 15) is 8.42 Å². The Morgan fingerprint density at radius 3 is 2.71 bits per heavy atom. The van der Waals surface area contributed by atoms with Gasteiger partial charge in [-0.25, -0.2) is 13.4 Å². The van der Waals surface area contributed by atoms with Crippen LogP contribution in [0.3, 0.4) is 0 Å². The maximum atomic E-state index is 12.5. The molecule has 5 nitrogen and oxygen atoms in total. The van der Waals surface area contributed by atoms with Crippen molar-refractivity contribution in [3.05, 3.63) is 41.0 Å². The minimum atomic E-state index is -3.72. The van der Waals surface area contributed by atoms with Crippen LogP contribution in [0.1, 0.15) is 0 Å². The number of nitrogens with one attached hydrogen (secondary N) is 2. The molecule has 112 valence electrons. The van der Waals surface area contributed by atoms with Gasteiger partial charge >= 0.3 is 0 Å². The molecule has 0 aliphatic heterocycles. The number of hydrogen-bond acceptors (Lipinski definition) is 5. The van der Waals surface area contributed by atoms with E-state index in [1.165, 1.54) is 6.07 Å². The van der Waals surface area contributed by atoms with E-state index in [1.54, 1.807) is 37.1 Å². The molecule has 0 spiro atoms. The van der Waals surface area contributed by atoms with Crippen LogP contribution < -0.4 is 10.0 Å². The molecule has 1 heterocycles. The number of rotatable bonds is 5. The molecule has 2 aromatic rings. The zero-order valence-corrected chi connectivity index (χ0v) is 14.6. The molecule has 8 heteroatoms. The largest absolute Gasteiger partial charge is 0.372 e. The molecule has 0 unspecified atom stereocenters. The highest BCUT2D eigenvalue weighted by Crippen LogP contribution is 2.26. The minimum absolute atomic E-state index is 0.0916. The van der Waals surface area contributed by atoms with Gasteiger partial charge in [0.1, 0.15) is 10.7 Å². The van der Waals surface area contributed by atoms with Gasteiger partial charge in [-0.15, -0.1) is 11.8 Å². The fourth-order valence-electron chi connectivity index (χ4n) is 1.71. The summed E-state index contributed by atoms with van der Waals surface area (Å²) >= 11 is 4.79. The third-order valence-corrected chi connectivity index (χ3v) is 5.22. The van der Waals surface area contributed by atoms with Crippen molar-refractivity contribution in [1.82, 2.24) is 4.98 Å². The van der Waals surface area contributed by atoms with Gasteiger partial charge in [0.15, 0.2) is 0 Å². The first-order valence-electron chi connectivity index (χ1n) is 5.96. The molecular formula is C13H14BrN3O2S2. The number of anilines is 2. The van der Waals surface area contributed by atoms with Crippen molar-refractivity contribution < 1.29 is 8.42 Å². The van der Waals surface area contributed by atoms with E-state index in [1.807, 2.05) is 18.4 Å².